The molecule has 0 aliphatic carbocycles. The predicted octanol–water partition coefficient (Wildman–Crippen LogP) is 3.29. The van der Waals surface area contributed by atoms with E-state index in [-0.39, 0.29) is 29.8 Å². The molecular formula is C22H24N4O4S. The van der Waals surface area contributed by atoms with Crippen molar-refractivity contribution >= 4 is 44.1 Å². The Morgan fingerprint density at radius 2 is 1.55 bits per heavy atom. The van der Waals surface area contributed by atoms with Crippen LogP contribution in [0.5, 0.6) is 0 Å². The van der Waals surface area contributed by atoms with E-state index in [1.807, 2.05) is 31.2 Å². The van der Waals surface area contributed by atoms with Crippen molar-refractivity contribution in [3.05, 3.63) is 66.7 Å². The summed E-state index contributed by atoms with van der Waals surface area (Å²) in [5.41, 5.74) is 1.03. The van der Waals surface area contributed by atoms with Gasteiger partial charge in [-0.2, -0.15) is 0 Å². The Hall–Kier alpha value is -3.43. The molecular weight excluding hydrogens is 416 g/mol. The quantitative estimate of drug-likeness (QED) is 0.430. The molecule has 0 bridgehead atoms. The summed E-state index contributed by atoms with van der Waals surface area (Å²) >= 11 is 0. The number of urea groups is 1. The average Bonchev–Trinajstić information content (AvgIpc) is 2.73. The van der Waals surface area contributed by atoms with Gasteiger partial charge in [-0.25, -0.2) is 17.9 Å². The number of fused-ring (bicyclic) bond motifs is 1. The predicted molar refractivity (Wildman–Crippen MR) is 122 cm³/mol. The standard InChI is InChI=1S/C22H24N4O4S/c1-2-23-22(28)26-19-9-5-8-18(15-19)25-21(27)12-13-24-31(29,30)20-11-10-16-6-3-4-7-17(16)14-20/h3-11,14-15,24H,2,12-13H2,1H3,(H,25,27)(H2,23,26,28). The van der Waals surface area contributed by atoms with Crippen LogP contribution in [0.1, 0.15) is 13.3 Å². The topological polar surface area (TPSA) is 116 Å². The molecule has 3 rings (SSSR count). The number of benzene rings is 3. The van der Waals surface area contributed by atoms with Crippen LogP contribution >= 0.6 is 0 Å². The number of hydrogen-bond donors (Lipinski definition) is 4. The molecule has 0 atom stereocenters. The van der Waals surface area contributed by atoms with E-state index in [0.717, 1.165) is 10.8 Å². The fourth-order valence-electron chi connectivity index (χ4n) is 2.95. The lowest BCUT2D eigenvalue weighted by Gasteiger charge is -2.10. The first-order chi connectivity index (χ1) is 14.9. The zero-order valence-electron chi connectivity index (χ0n) is 17.0. The van der Waals surface area contributed by atoms with Gasteiger partial charge in [-0.15, -0.1) is 0 Å². The van der Waals surface area contributed by atoms with Gasteiger partial charge >= 0.3 is 6.03 Å². The van der Waals surface area contributed by atoms with Crippen molar-refractivity contribution in [2.24, 2.45) is 0 Å². The third-order valence-electron chi connectivity index (χ3n) is 4.42. The molecule has 8 nitrogen and oxygen atoms in total. The highest BCUT2D eigenvalue weighted by molar-refractivity contribution is 7.89. The normalized spacial score (nSPS) is 11.1. The Morgan fingerprint density at radius 3 is 2.29 bits per heavy atom. The number of carbonyl (C=O) groups excluding carboxylic acids is 2. The van der Waals surface area contributed by atoms with Crippen LogP contribution in [0.25, 0.3) is 10.8 Å². The average molecular weight is 441 g/mol. The second kappa shape index (κ2) is 10.1. The highest BCUT2D eigenvalue weighted by atomic mass is 32.2. The molecule has 0 aliphatic heterocycles. The van der Waals surface area contributed by atoms with Gasteiger partial charge < -0.3 is 16.0 Å². The lowest BCUT2D eigenvalue weighted by Crippen LogP contribution is -2.28. The van der Waals surface area contributed by atoms with Crippen LogP contribution in [-0.4, -0.2) is 33.4 Å². The van der Waals surface area contributed by atoms with Crippen molar-refractivity contribution < 1.29 is 18.0 Å². The molecule has 0 radical (unpaired) electrons. The molecule has 4 N–H and O–H groups in total. The first-order valence-corrected chi connectivity index (χ1v) is 11.3. The van der Waals surface area contributed by atoms with E-state index >= 15 is 0 Å². The number of carbonyl (C=O) groups is 2. The van der Waals surface area contributed by atoms with Gasteiger partial charge in [0, 0.05) is 30.9 Å². The van der Waals surface area contributed by atoms with Crippen molar-refractivity contribution in [2.75, 3.05) is 23.7 Å². The maximum atomic E-state index is 12.5. The molecule has 0 fully saturated rings. The van der Waals surface area contributed by atoms with Crippen LogP contribution in [0.4, 0.5) is 16.2 Å². The van der Waals surface area contributed by atoms with Gasteiger partial charge in [0.1, 0.15) is 0 Å². The van der Waals surface area contributed by atoms with Crippen molar-refractivity contribution in [1.82, 2.24) is 10.0 Å². The molecule has 0 aromatic heterocycles. The lowest BCUT2D eigenvalue weighted by atomic mass is 10.1. The van der Waals surface area contributed by atoms with Crippen molar-refractivity contribution in [1.29, 1.82) is 0 Å². The molecule has 31 heavy (non-hydrogen) atoms. The summed E-state index contributed by atoms with van der Waals surface area (Å²) in [6.45, 7) is 2.26. The highest BCUT2D eigenvalue weighted by Crippen LogP contribution is 2.19. The first kappa shape index (κ1) is 22.3. The fraction of sp³-hybridized carbons (Fsp3) is 0.182. The number of nitrogens with one attached hydrogen (secondary N) is 4. The van der Waals surface area contributed by atoms with Crippen molar-refractivity contribution in [3.63, 3.8) is 0 Å². The zero-order chi connectivity index (χ0) is 22.3. The third kappa shape index (κ3) is 6.27. The Labute approximate surface area is 181 Å². The SMILES string of the molecule is CCNC(=O)Nc1cccc(NC(=O)CCNS(=O)(=O)c2ccc3ccccc3c2)c1. The van der Waals surface area contributed by atoms with E-state index in [4.69, 9.17) is 0 Å². The van der Waals surface area contributed by atoms with E-state index in [1.165, 1.54) is 6.07 Å². The van der Waals surface area contributed by atoms with E-state index in [2.05, 4.69) is 20.7 Å². The fourth-order valence-corrected chi connectivity index (χ4v) is 4.02. The second-order valence-corrected chi connectivity index (χ2v) is 8.54. The minimum absolute atomic E-state index is 0.0409. The summed E-state index contributed by atoms with van der Waals surface area (Å²) in [5, 5.41) is 9.74. The van der Waals surface area contributed by atoms with Crippen molar-refractivity contribution in [3.8, 4) is 0 Å². The van der Waals surface area contributed by atoms with Gasteiger partial charge in [0.15, 0.2) is 0 Å². The molecule has 0 saturated heterocycles. The number of sulfonamides is 1. The van der Waals surface area contributed by atoms with E-state index in [0.29, 0.717) is 17.9 Å². The van der Waals surface area contributed by atoms with Crippen LogP contribution in [-0.2, 0) is 14.8 Å². The molecule has 0 aliphatic rings. The molecule has 0 saturated carbocycles. The zero-order valence-corrected chi connectivity index (χ0v) is 17.8. The molecule has 3 aromatic rings. The smallest absolute Gasteiger partial charge is 0.319 e. The second-order valence-electron chi connectivity index (χ2n) is 6.77. The highest BCUT2D eigenvalue weighted by Gasteiger charge is 2.15. The molecule has 3 amide bonds. The molecule has 0 spiro atoms. The third-order valence-corrected chi connectivity index (χ3v) is 5.88. The lowest BCUT2D eigenvalue weighted by molar-refractivity contribution is -0.116. The maximum Gasteiger partial charge on any atom is 0.319 e. The molecule has 0 unspecified atom stereocenters. The minimum Gasteiger partial charge on any atom is -0.338 e. The van der Waals surface area contributed by atoms with Gasteiger partial charge in [0.2, 0.25) is 15.9 Å². The van der Waals surface area contributed by atoms with Gasteiger partial charge in [-0.3, -0.25) is 4.79 Å². The Balaban J connectivity index is 1.54. The van der Waals surface area contributed by atoms with Gasteiger partial charge in [-0.1, -0.05) is 36.4 Å². The molecule has 3 aromatic carbocycles. The summed E-state index contributed by atoms with van der Waals surface area (Å²) in [6.07, 6.45) is -0.0409. The summed E-state index contributed by atoms with van der Waals surface area (Å²) < 4.78 is 27.5. The van der Waals surface area contributed by atoms with E-state index in [9.17, 15) is 18.0 Å². The van der Waals surface area contributed by atoms with E-state index in [1.54, 1.807) is 36.4 Å². The van der Waals surface area contributed by atoms with Crippen LogP contribution < -0.4 is 20.7 Å². The van der Waals surface area contributed by atoms with Gasteiger partial charge in [0.05, 0.1) is 4.90 Å². The minimum atomic E-state index is -3.73. The summed E-state index contributed by atoms with van der Waals surface area (Å²) in [7, 11) is -3.73. The van der Waals surface area contributed by atoms with Crippen LogP contribution in [0.3, 0.4) is 0 Å². The number of amides is 3. The summed E-state index contributed by atoms with van der Waals surface area (Å²) in [5.74, 6) is -0.351. The van der Waals surface area contributed by atoms with Crippen LogP contribution in [0, 0.1) is 0 Å². The van der Waals surface area contributed by atoms with Crippen LogP contribution in [0.2, 0.25) is 0 Å². The number of rotatable bonds is 8. The summed E-state index contributed by atoms with van der Waals surface area (Å²) in [6, 6.07) is 18.7. The Bertz CT molecular complexity index is 1190. The maximum absolute atomic E-state index is 12.5. The monoisotopic (exact) mass is 440 g/mol. The largest absolute Gasteiger partial charge is 0.338 e. The Kier molecular flexibility index (Phi) is 7.22. The van der Waals surface area contributed by atoms with Gasteiger partial charge in [0.25, 0.3) is 0 Å². The van der Waals surface area contributed by atoms with E-state index < -0.39 is 10.0 Å². The first-order valence-electron chi connectivity index (χ1n) is 9.80. The summed E-state index contributed by atoms with van der Waals surface area (Å²) in [4.78, 5) is 23.9. The van der Waals surface area contributed by atoms with Crippen molar-refractivity contribution in [2.45, 2.75) is 18.2 Å². The molecule has 0 heterocycles. The molecule has 162 valence electrons. The van der Waals surface area contributed by atoms with Gasteiger partial charge in [-0.05, 0) is 48.0 Å². The van der Waals surface area contributed by atoms with Crippen LogP contribution in [0.15, 0.2) is 71.6 Å². The Morgan fingerprint density at radius 1 is 0.839 bits per heavy atom. The number of anilines is 2. The number of hydrogen-bond acceptors (Lipinski definition) is 4. The molecule has 9 heteroatoms.